The number of aromatic nitrogens is 3. The molecule has 0 radical (unpaired) electrons. The van der Waals surface area contributed by atoms with E-state index in [2.05, 4.69) is 25.6 Å². The summed E-state index contributed by atoms with van der Waals surface area (Å²) in [5, 5.41) is 16.3. The van der Waals surface area contributed by atoms with Crippen molar-refractivity contribution in [3.8, 4) is 0 Å². The molecule has 2 aromatic rings. The van der Waals surface area contributed by atoms with E-state index in [9.17, 15) is 9.90 Å². The van der Waals surface area contributed by atoms with Gasteiger partial charge in [0.1, 0.15) is 6.10 Å². The number of rotatable bonds is 6. The maximum Gasteiger partial charge on any atom is 0.251 e. The number of amides is 1. The maximum atomic E-state index is 12.0. The number of ether oxygens (including phenoxy) is 1. The van der Waals surface area contributed by atoms with Crippen LogP contribution in [0.3, 0.4) is 0 Å². The highest BCUT2D eigenvalue weighted by Crippen LogP contribution is 2.14. The normalized spacial score (nSPS) is 23.8. The van der Waals surface area contributed by atoms with Crippen molar-refractivity contribution in [3.63, 3.8) is 0 Å². The Balaban J connectivity index is 1.45. The molecule has 4 N–H and O–H groups in total. The van der Waals surface area contributed by atoms with E-state index >= 15 is 0 Å². The summed E-state index contributed by atoms with van der Waals surface area (Å²) in [4.78, 5) is 22.8. The summed E-state index contributed by atoms with van der Waals surface area (Å²) in [6, 6.07) is 3.09. The predicted molar refractivity (Wildman–Crippen MR) is 81.5 cm³/mol. The molecule has 2 aromatic heterocycles. The number of H-pyrrole nitrogens is 1. The molecule has 3 heterocycles. The standard InChI is InChI=1S/C15H19N5O3/c21-14-12(18-6-11-5-17-9-20-11)8-23-13(14)7-19-15(22)10-1-3-16-4-2-10/h1-5,9,12-14,18,21H,6-8H2,(H,17,20)(H,19,22)/t12-,13-,14+/m1/s1. The van der Waals surface area contributed by atoms with E-state index < -0.39 is 12.2 Å². The van der Waals surface area contributed by atoms with E-state index in [0.29, 0.717) is 18.7 Å². The SMILES string of the molecule is O=C(NC[C@H]1OC[C@@H](NCc2cnc[nH]2)[C@@H]1O)c1ccncc1. The van der Waals surface area contributed by atoms with Crippen LogP contribution in [0.5, 0.6) is 0 Å². The molecule has 0 aliphatic carbocycles. The molecule has 1 fully saturated rings. The number of nitrogens with zero attached hydrogens (tertiary/aromatic N) is 2. The van der Waals surface area contributed by atoms with Crippen LogP contribution in [0, 0.1) is 0 Å². The molecule has 0 aromatic carbocycles. The van der Waals surface area contributed by atoms with Gasteiger partial charge in [0, 0.05) is 42.9 Å². The van der Waals surface area contributed by atoms with Crippen LogP contribution in [0.25, 0.3) is 0 Å². The van der Waals surface area contributed by atoms with Gasteiger partial charge in [-0.15, -0.1) is 0 Å². The van der Waals surface area contributed by atoms with Gasteiger partial charge in [0.15, 0.2) is 0 Å². The van der Waals surface area contributed by atoms with E-state index in [1.54, 1.807) is 37.1 Å². The molecule has 3 atom stereocenters. The molecule has 23 heavy (non-hydrogen) atoms. The van der Waals surface area contributed by atoms with Crippen LogP contribution in [-0.2, 0) is 11.3 Å². The van der Waals surface area contributed by atoms with Crippen molar-refractivity contribution in [1.29, 1.82) is 0 Å². The molecule has 8 nitrogen and oxygen atoms in total. The third-order valence-corrected chi connectivity index (χ3v) is 3.80. The summed E-state index contributed by atoms with van der Waals surface area (Å²) in [7, 11) is 0. The number of aliphatic hydroxyl groups excluding tert-OH is 1. The highest BCUT2D eigenvalue weighted by atomic mass is 16.5. The Labute approximate surface area is 133 Å². The third kappa shape index (κ3) is 3.92. The molecule has 0 bridgehead atoms. The number of aliphatic hydroxyl groups is 1. The van der Waals surface area contributed by atoms with Gasteiger partial charge in [0.05, 0.1) is 25.1 Å². The predicted octanol–water partition coefficient (Wildman–Crippen LogP) is -0.547. The highest BCUT2D eigenvalue weighted by molar-refractivity contribution is 5.93. The van der Waals surface area contributed by atoms with Crippen LogP contribution in [-0.4, -0.2) is 57.4 Å². The van der Waals surface area contributed by atoms with Crippen LogP contribution in [0.2, 0.25) is 0 Å². The zero-order valence-electron chi connectivity index (χ0n) is 12.5. The average Bonchev–Trinajstić information content (AvgIpc) is 3.22. The molecule has 0 unspecified atom stereocenters. The fraction of sp³-hybridized carbons (Fsp3) is 0.400. The van der Waals surface area contributed by atoms with E-state index in [0.717, 1.165) is 5.69 Å². The molecule has 1 amide bonds. The van der Waals surface area contributed by atoms with Crippen molar-refractivity contribution in [2.75, 3.05) is 13.2 Å². The largest absolute Gasteiger partial charge is 0.389 e. The molecular formula is C15H19N5O3. The molecule has 0 saturated carbocycles. The lowest BCUT2D eigenvalue weighted by atomic mass is 10.1. The van der Waals surface area contributed by atoms with Crippen molar-refractivity contribution < 1.29 is 14.6 Å². The summed E-state index contributed by atoms with van der Waals surface area (Å²) in [5.41, 5.74) is 1.47. The summed E-state index contributed by atoms with van der Waals surface area (Å²) in [6.45, 7) is 1.22. The van der Waals surface area contributed by atoms with Gasteiger partial charge >= 0.3 is 0 Å². The lowest BCUT2D eigenvalue weighted by molar-refractivity contribution is 0.0398. The second kappa shape index (κ2) is 7.32. The van der Waals surface area contributed by atoms with Gasteiger partial charge in [-0.3, -0.25) is 9.78 Å². The van der Waals surface area contributed by atoms with Crippen LogP contribution in [0.4, 0.5) is 0 Å². The molecule has 1 aliphatic heterocycles. The Morgan fingerprint density at radius 1 is 1.39 bits per heavy atom. The summed E-state index contributed by atoms with van der Waals surface area (Å²) in [5.74, 6) is -0.211. The van der Waals surface area contributed by atoms with Crippen molar-refractivity contribution >= 4 is 5.91 Å². The molecule has 122 valence electrons. The highest BCUT2D eigenvalue weighted by Gasteiger charge is 2.35. The first-order valence-electron chi connectivity index (χ1n) is 7.42. The number of hydrogen-bond acceptors (Lipinski definition) is 6. The smallest absolute Gasteiger partial charge is 0.251 e. The van der Waals surface area contributed by atoms with Gasteiger partial charge in [0.2, 0.25) is 0 Å². The number of hydrogen-bond donors (Lipinski definition) is 4. The first-order chi connectivity index (χ1) is 11.2. The van der Waals surface area contributed by atoms with Crippen molar-refractivity contribution in [2.24, 2.45) is 0 Å². The van der Waals surface area contributed by atoms with E-state index in [4.69, 9.17) is 4.74 Å². The van der Waals surface area contributed by atoms with Crippen LogP contribution >= 0.6 is 0 Å². The molecule has 8 heteroatoms. The molecule has 0 spiro atoms. The summed E-state index contributed by atoms with van der Waals surface area (Å²) in [6.07, 6.45) is 5.34. The topological polar surface area (TPSA) is 112 Å². The van der Waals surface area contributed by atoms with Crippen LogP contribution in [0.1, 0.15) is 16.1 Å². The number of carbonyl (C=O) groups excluding carboxylic acids is 1. The zero-order chi connectivity index (χ0) is 16.1. The minimum atomic E-state index is -0.685. The molecular weight excluding hydrogens is 298 g/mol. The maximum absolute atomic E-state index is 12.0. The lowest BCUT2D eigenvalue weighted by Crippen LogP contribution is -2.44. The molecule has 1 aliphatic rings. The Hall–Kier alpha value is -2.29. The van der Waals surface area contributed by atoms with E-state index in [1.165, 1.54) is 0 Å². The zero-order valence-corrected chi connectivity index (χ0v) is 12.5. The minimum Gasteiger partial charge on any atom is -0.389 e. The van der Waals surface area contributed by atoms with Gasteiger partial charge in [-0.2, -0.15) is 0 Å². The monoisotopic (exact) mass is 317 g/mol. The quantitative estimate of drug-likeness (QED) is 0.569. The van der Waals surface area contributed by atoms with Gasteiger partial charge in [-0.25, -0.2) is 4.98 Å². The minimum absolute atomic E-state index is 0.180. The second-order valence-corrected chi connectivity index (χ2v) is 5.37. The fourth-order valence-electron chi connectivity index (χ4n) is 2.46. The fourth-order valence-corrected chi connectivity index (χ4v) is 2.46. The number of carbonyl (C=O) groups is 1. The Morgan fingerprint density at radius 2 is 2.22 bits per heavy atom. The van der Waals surface area contributed by atoms with Crippen LogP contribution < -0.4 is 10.6 Å². The Bertz CT molecular complexity index is 619. The van der Waals surface area contributed by atoms with Crippen LogP contribution in [0.15, 0.2) is 37.1 Å². The van der Waals surface area contributed by atoms with Crippen molar-refractivity contribution in [2.45, 2.75) is 24.8 Å². The van der Waals surface area contributed by atoms with Gasteiger partial charge < -0.3 is 25.5 Å². The second-order valence-electron chi connectivity index (χ2n) is 5.37. The Morgan fingerprint density at radius 3 is 2.96 bits per heavy atom. The summed E-state index contributed by atoms with van der Waals surface area (Å²) >= 11 is 0. The van der Waals surface area contributed by atoms with Crippen molar-refractivity contribution in [1.82, 2.24) is 25.6 Å². The van der Waals surface area contributed by atoms with Gasteiger partial charge in [-0.1, -0.05) is 0 Å². The third-order valence-electron chi connectivity index (χ3n) is 3.80. The average molecular weight is 317 g/mol. The number of aromatic amines is 1. The van der Waals surface area contributed by atoms with Gasteiger partial charge in [-0.05, 0) is 12.1 Å². The lowest BCUT2D eigenvalue weighted by Gasteiger charge is -2.18. The first-order valence-corrected chi connectivity index (χ1v) is 7.42. The first kappa shape index (κ1) is 15.6. The Kier molecular flexibility index (Phi) is 4.96. The molecule has 1 saturated heterocycles. The van der Waals surface area contributed by atoms with Crippen molar-refractivity contribution in [3.05, 3.63) is 48.3 Å². The van der Waals surface area contributed by atoms with Gasteiger partial charge in [0.25, 0.3) is 5.91 Å². The number of pyridine rings is 1. The molecule has 3 rings (SSSR count). The number of nitrogens with one attached hydrogen (secondary N) is 3. The van der Waals surface area contributed by atoms with E-state index in [-0.39, 0.29) is 18.5 Å². The summed E-state index contributed by atoms with van der Waals surface area (Å²) < 4.78 is 5.57. The number of imidazole rings is 1. The van der Waals surface area contributed by atoms with E-state index in [1.807, 2.05) is 0 Å².